The summed E-state index contributed by atoms with van der Waals surface area (Å²) in [5.41, 5.74) is 3.74. The molecule has 0 aliphatic carbocycles. The van der Waals surface area contributed by atoms with Crippen molar-refractivity contribution in [3.05, 3.63) is 47.3 Å². The largest absolute Gasteiger partial charge is 0.487 e. The Hall–Kier alpha value is -1.81. The minimum absolute atomic E-state index is 0.0664. The van der Waals surface area contributed by atoms with Crippen molar-refractivity contribution in [1.29, 1.82) is 0 Å². The fourth-order valence-electron chi connectivity index (χ4n) is 2.68. The van der Waals surface area contributed by atoms with Crippen molar-refractivity contribution in [2.24, 2.45) is 7.05 Å². The predicted molar refractivity (Wildman–Crippen MR) is 78.6 cm³/mol. The van der Waals surface area contributed by atoms with Gasteiger partial charge in [0.25, 0.3) is 0 Å². The molecule has 2 heterocycles. The van der Waals surface area contributed by atoms with Gasteiger partial charge in [-0.05, 0) is 37.1 Å². The molecule has 0 unspecified atom stereocenters. The van der Waals surface area contributed by atoms with Gasteiger partial charge in [-0.25, -0.2) is 0 Å². The van der Waals surface area contributed by atoms with Crippen molar-refractivity contribution in [2.75, 3.05) is 0 Å². The molecule has 0 radical (unpaired) electrons. The number of nitrogens with zero attached hydrogens (tertiary/aromatic N) is 2. The highest BCUT2D eigenvalue weighted by Gasteiger charge is 2.29. The molecule has 0 atom stereocenters. The molecule has 0 spiro atoms. The van der Waals surface area contributed by atoms with E-state index >= 15 is 0 Å². The van der Waals surface area contributed by atoms with Crippen LogP contribution in [0.1, 0.15) is 30.7 Å². The number of rotatable bonds is 4. The molecule has 1 aromatic carbocycles. The van der Waals surface area contributed by atoms with Crippen molar-refractivity contribution < 1.29 is 4.74 Å². The minimum atomic E-state index is -0.0664. The maximum atomic E-state index is 5.90. The molecule has 1 N–H and O–H groups in total. The topological polar surface area (TPSA) is 39.1 Å². The maximum absolute atomic E-state index is 5.90. The lowest BCUT2D eigenvalue weighted by Crippen LogP contribution is -2.24. The molecule has 4 heteroatoms. The first-order valence-corrected chi connectivity index (χ1v) is 7.02. The van der Waals surface area contributed by atoms with Crippen LogP contribution in [0.5, 0.6) is 5.75 Å². The van der Waals surface area contributed by atoms with E-state index in [0.29, 0.717) is 0 Å². The Labute approximate surface area is 119 Å². The molecular weight excluding hydrogens is 250 g/mol. The first kappa shape index (κ1) is 13.2. The van der Waals surface area contributed by atoms with Crippen LogP contribution in [-0.2, 0) is 26.6 Å². The Morgan fingerprint density at radius 2 is 2.15 bits per heavy atom. The zero-order chi connectivity index (χ0) is 14.2. The molecule has 1 aliphatic heterocycles. The number of hydrogen-bond donors (Lipinski definition) is 1. The molecule has 106 valence electrons. The Morgan fingerprint density at radius 3 is 2.90 bits per heavy atom. The van der Waals surface area contributed by atoms with Crippen LogP contribution in [0, 0.1) is 0 Å². The van der Waals surface area contributed by atoms with Crippen molar-refractivity contribution in [1.82, 2.24) is 15.1 Å². The molecule has 0 saturated heterocycles. The number of aryl methyl sites for hydroxylation is 1. The third-order valence-corrected chi connectivity index (χ3v) is 3.69. The molecular formula is C16H21N3O. The highest BCUT2D eigenvalue weighted by molar-refractivity contribution is 5.41. The smallest absolute Gasteiger partial charge is 0.123 e. The van der Waals surface area contributed by atoms with E-state index in [9.17, 15) is 0 Å². The predicted octanol–water partition coefficient (Wildman–Crippen LogP) is 2.42. The summed E-state index contributed by atoms with van der Waals surface area (Å²) in [7, 11) is 1.96. The van der Waals surface area contributed by atoms with Crippen LogP contribution in [0.2, 0.25) is 0 Å². The van der Waals surface area contributed by atoms with Gasteiger partial charge in [-0.1, -0.05) is 12.1 Å². The van der Waals surface area contributed by atoms with Gasteiger partial charge in [0.15, 0.2) is 0 Å². The van der Waals surface area contributed by atoms with E-state index < -0.39 is 0 Å². The quantitative estimate of drug-likeness (QED) is 0.928. The van der Waals surface area contributed by atoms with Gasteiger partial charge in [0.1, 0.15) is 11.4 Å². The molecule has 1 aliphatic rings. The van der Waals surface area contributed by atoms with Crippen LogP contribution in [-0.4, -0.2) is 15.4 Å². The molecule has 2 aromatic rings. The molecule has 3 rings (SSSR count). The Kier molecular flexibility index (Phi) is 3.26. The summed E-state index contributed by atoms with van der Waals surface area (Å²) in [4.78, 5) is 0. The zero-order valence-electron chi connectivity index (χ0n) is 12.3. The highest BCUT2D eigenvalue weighted by atomic mass is 16.5. The average Bonchev–Trinajstić information content (AvgIpc) is 2.91. The van der Waals surface area contributed by atoms with Gasteiger partial charge in [0.05, 0.1) is 5.69 Å². The van der Waals surface area contributed by atoms with Crippen molar-refractivity contribution >= 4 is 0 Å². The molecule has 20 heavy (non-hydrogen) atoms. The summed E-state index contributed by atoms with van der Waals surface area (Å²) in [6.45, 7) is 5.95. The highest BCUT2D eigenvalue weighted by Crippen LogP contribution is 2.35. The third kappa shape index (κ3) is 2.70. The number of benzene rings is 1. The Balaban J connectivity index is 1.61. The fourth-order valence-corrected chi connectivity index (χ4v) is 2.68. The second-order valence-electron chi connectivity index (χ2n) is 6.03. The van der Waals surface area contributed by atoms with E-state index in [0.717, 1.165) is 25.3 Å². The molecule has 1 aromatic heterocycles. The second kappa shape index (κ2) is 4.94. The second-order valence-corrected chi connectivity index (χ2v) is 6.03. The number of nitrogens with one attached hydrogen (secondary N) is 1. The summed E-state index contributed by atoms with van der Waals surface area (Å²) in [5, 5.41) is 7.62. The summed E-state index contributed by atoms with van der Waals surface area (Å²) >= 11 is 0. The maximum Gasteiger partial charge on any atom is 0.123 e. The number of ether oxygens (including phenoxy) is 1. The van der Waals surface area contributed by atoms with E-state index in [1.807, 2.05) is 24.0 Å². The lowest BCUT2D eigenvalue weighted by atomic mass is 10.0. The zero-order valence-corrected chi connectivity index (χ0v) is 12.3. The summed E-state index contributed by atoms with van der Waals surface area (Å²) in [5.74, 6) is 1.03. The number of aromatic nitrogens is 2. The van der Waals surface area contributed by atoms with E-state index in [2.05, 4.69) is 42.5 Å². The molecule has 4 nitrogen and oxygen atoms in total. The molecule has 0 fully saturated rings. The van der Waals surface area contributed by atoms with Gasteiger partial charge in [-0.2, -0.15) is 5.10 Å². The number of fused-ring (bicyclic) bond motifs is 1. The van der Waals surface area contributed by atoms with Crippen LogP contribution in [0.3, 0.4) is 0 Å². The first-order chi connectivity index (χ1) is 9.53. The van der Waals surface area contributed by atoms with Gasteiger partial charge in [-0.15, -0.1) is 0 Å². The van der Waals surface area contributed by atoms with Crippen LogP contribution in [0.15, 0.2) is 30.5 Å². The van der Waals surface area contributed by atoms with Crippen LogP contribution in [0.4, 0.5) is 0 Å². The third-order valence-electron chi connectivity index (χ3n) is 3.69. The fraction of sp³-hybridized carbons (Fsp3) is 0.438. The Bertz CT molecular complexity index is 616. The normalized spacial score (nSPS) is 15.9. The van der Waals surface area contributed by atoms with Gasteiger partial charge >= 0.3 is 0 Å². The Morgan fingerprint density at radius 1 is 1.30 bits per heavy atom. The van der Waals surface area contributed by atoms with E-state index in [1.54, 1.807) is 0 Å². The summed E-state index contributed by atoms with van der Waals surface area (Å²) < 4.78 is 7.79. The lowest BCUT2D eigenvalue weighted by Gasteiger charge is -2.16. The van der Waals surface area contributed by atoms with Crippen molar-refractivity contribution in [3.8, 4) is 5.75 Å². The minimum Gasteiger partial charge on any atom is -0.487 e. The standard InChI is InChI=1S/C16H21N3O/c1-16(2)9-13-8-12(4-5-15(13)20-16)10-17-11-14-6-7-18-19(14)3/h4-8,17H,9-11H2,1-3H3. The molecule has 0 saturated carbocycles. The number of hydrogen-bond acceptors (Lipinski definition) is 3. The van der Waals surface area contributed by atoms with E-state index in [4.69, 9.17) is 4.74 Å². The van der Waals surface area contributed by atoms with E-state index in [1.165, 1.54) is 16.8 Å². The summed E-state index contributed by atoms with van der Waals surface area (Å²) in [6.07, 6.45) is 2.81. The van der Waals surface area contributed by atoms with E-state index in [-0.39, 0.29) is 5.60 Å². The monoisotopic (exact) mass is 271 g/mol. The molecule has 0 amide bonds. The van der Waals surface area contributed by atoms with Crippen LogP contribution >= 0.6 is 0 Å². The molecule has 0 bridgehead atoms. The lowest BCUT2D eigenvalue weighted by molar-refractivity contribution is 0.138. The first-order valence-electron chi connectivity index (χ1n) is 7.02. The van der Waals surface area contributed by atoms with Gasteiger partial charge < -0.3 is 10.1 Å². The SMILES string of the molecule is Cn1nccc1CNCc1ccc2c(c1)CC(C)(C)O2. The van der Waals surface area contributed by atoms with Crippen LogP contribution < -0.4 is 10.1 Å². The van der Waals surface area contributed by atoms with Gasteiger partial charge in [0, 0.05) is 32.8 Å². The van der Waals surface area contributed by atoms with Gasteiger partial charge in [-0.3, -0.25) is 4.68 Å². The van der Waals surface area contributed by atoms with Crippen LogP contribution in [0.25, 0.3) is 0 Å². The summed E-state index contributed by atoms with van der Waals surface area (Å²) in [6, 6.07) is 8.51. The van der Waals surface area contributed by atoms with Crippen molar-refractivity contribution in [3.63, 3.8) is 0 Å². The average molecular weight is 271 g/mol. The van der Waals surface area contributed by atoms with Crippen molar-refractivity contribution in [2.45, 2.75) is 39.0 Å². The van der Waals surface area contributed by atoms with Gasteiger partial charge in [0.2, 0.25) is 0 Å².